The molecule has 1 aromatic heterocycles. The molecule has 0 aliphatic heterocycles. The van der Waals surface area contributed by atoms with Gasteiger partial charge in [0.1, 0.15) is 6.33 Å². The number of likely N-dealkylation sites (N-methyl/N-ethyl adjacent to an activating group) is 1. The second-order valence-corrected chi connectivity index (χ2v) is 4.68. The number of methoxy groups -OCH3 is 1. The fraction of sp³-hybridized carbons (Fsp3) is 0.375. The van der Waals surface area contributed by atoms with Crippen molar-refractivity contribution >= 4 is 0 Å². The molecule has 1 aromatic carbocycles. The Kier molecular flexibility index (Phi) is 5.07. The molecule has 0 bridgehead atoms. The maximum Gasteiger partial charge on any atom is 0.219 e. The molecule has 20 heavy (non-hydrogen) atoms. The molecule has 0 saturated carbocycles. The second-order valence-electron chi connectivity index (χ2n) is 4.68. The van der Waals surface area contributed by atoms with Crippen LogP contribution in [0.5, 0.6) is 5.88 Å². The van der Waals surface area contributed by atoms with Crippen molar-refractivity contribution in [3.8, 4) is 5.88 Å². The number of aromatic nitrogens is 2. The molecular formula is C16H21N3O. The van der Waals surface area contributed by atoms with E-state index in [4.69, 9.17) is 4.74 Å². The summed E-state index contributed by atoms with van der Waals surface area (Å²) in [7, 11) is 1.64. The lowest BCUT2D eigenvalue weighted by Gasteiger charge is -2.19. The van der Waals surface area contributed by atoms with E-state index < -0.39 is 0 Å². The predicted octanol–water partition coefficient (Wildman–Crippen LogP) is 2.69. The highest BCUT2D eigenvalue weighted by atomic mass is 16.5. The van der Waals surface area contributed by atoms with Crippen molar-refractivity contribution in [3.63, 3.8) is 0 Å². The lowest BCUT2D eigenvalue weighted by molar-refractivity contribution is 0.391. The van der Waals surface area contributed by atoms with Gasteiger partial charge >= 0.3 is 0 Å². The Morgan fingerprint density at radius 3 is 2.60 bits per heavy atom. The average molecular weight is 271 g/mol. The van der Waals surface area contributed by atoms with Gasteiger partial charge in [0.15, 0.2) is 0 Å². The normalized spacial score (nSPS) is 12.2. The molecule has 0 fully saturated rings. The van der Waals surface area contributed by atoms with E-state index in [1.165, 1.54) is 5.56 Å². The third-order valence-electron chi connectivity index (χ3n) is 3.39. The Labute approximate surface area is 120 Å². The molecular weight excluding hydrogens is 250 g/mol. The molecule has 0 aliphatic rings. The van der Waals surface area contributed by atoms with Gasteiger partial charge in [0.2, 0.25) is 5.88 Å². The van der Waals surface area contributed by atoms with Crippen LogP contribution in [0.3, 0.4) is 0 Å². The molecule has 1 N–H and O–H groups in total. The van der Waals surface area contributed by atoms with Crippen LogP contribution in [0.15, 0.2) is 36.7 Å². The molecule has 0 radical (unpaired) electrons. The zero-order chi connectivity index (χ0) is 14.4. The van der Waals surface area contributed by atoms with E-state index in [2.05, 4.69) is 46.5 Å². The van der Waals surface area contributed by atoms with Gasteiger partial charge in [-0.05, 0) is 19.0 Å². The van der Waals surface area contributed by atoms with Gasteiger partial charge in [-0.15, -0.1) is 0 Å². The molecule has 106 valence electrons. The Morgan fingerprint density at radius 1 is 1.20 bits per heavy atom. The summed E-state index contributed by atoms with van der Waals surface area (Å²) in [6.45, 7) is 5.03. The molecule has 1 unspecified atom stereocenters. The summed E-state index contributed by atoms with van der Waals surface area (Å²) in [5, 5.41) is 3.51. The monoisotopic (exact) mass is 271 g/mol. The Morgan fingerprint density at radius 2 is 1.95 bits per heavy atom. The minimum atomic E-state index is 0.250. The van der Waals surface area contributed by atoms with Crippen molar-refractivity contribution in [3.05, 3.63) is 53.5 Å². The zero-order valence-electron chi connectivity index (χ0n) is 12.3. The quantitative estimate of drug-likeness (QED) is 0.877. The minimum Gasteiger partial charge on any atom is -0.481 e. The molecule has 0 amide bonds. The third-order valence-corrected chi connectivity index (χ3v) is 3.39. The van der Waals surface area contributed by atoms with Crippen LogP contribution in [0.1, 0.15) is 29.8 Å². The summed E-state index contributed by atoms with van der Waals surface area (Å²) in [6, 6.07) is 10.7. The summed E-state index contributed by atoms with van der Waals surface area (Å²) < 4.78 is 5.26. The van der Waals surface area contributed by atoms with E-state index in [9.17, 15) is 0 Å². The first-order valence-corrected chi connectivity index (χ1v) is 6.89. The number of nitrogens with one attached hydrogen (secondary N) is 1. The van der Waals surface area contributed by atoms with Crippen LogP contribution in [0, 0.1) is 6.92 Å². The fourth-order valence-electron chi connectivity index (χ4n) is 2.31. The molecule has 4 nitrogen and oxygen atoms in total. The van der Waals surface area contributed by atoms with Crippen LogP contribution in [0.25, 0.3) is 0 Å². The van der Waals surface area contributed by atoms with Crippen LogP contribution < -0.4 is 10.1 Å². The van der Waals surface area contributed by atoms with Crippen LogP contribution in [-0.2, 0) is 6.42 Å². The SMILES string of the molecule is CCNC(Cc1ncnc(OC)c1C)c1ccccc1. The molecule has 0 aliphatic carbocycles. The van der Waals surface area contributed by atoms with Crippen molar-refractivity contribution < 1.29 is 4.74 Å². The van der Waals surface area contributed by atoms with Gasteiger partial charge in [-0.1, -0.05) is 37.3 Å². The average Bonchev–Trinajstić information content (AvgIpc) is 2.49. The predicted molar refractivity (Wildman–Crippen MR) is 79.9 cm³/mol. The van der Waals surface area contributed by atoms with E-state index in [0.29, 0.717) is 5.88 Å². The molecule has 2 rings (SSSR count). The van der Waals surface area contributed by atoms with Crippen LogP contribution in [-0.4, -0.2) is 23.6 Å². The van der Waals surface area contributed by atoms with E-state index in [1.54, 1.807) is 13.4 Å². The van der Waals surface area contributed by atoms with Crippen molar-refractivity contribution in [2.24, 2.45) is 0 Å². The minimum absolute atomic E-state index is 0.250. The summed E-state index contributed by atoms with van der Waals surface area (Å²) >= 11 is 0. The smallest absolute Gasteiger partial charge is 0.219 e. The van der Waals surface area contributed by atoms with Crippen LogP contribution in [0.4, 0.5) is 0 Å². The third kappa shape index (κ3) is 3.33. The van der Waals surface area contributed by atoms with Crippen molar-refractivity contribution in [1.29, 1.82) is 0 Å². The molecule has 1 heterocycles. The maximum atomic E-state index is 5.26. The number of ether oxygens (including phenoxy) is 1. The number of benzene rings is 1. The summed E-state index contributed by atoms with van der Waals surface area (Å²) in [5.74, 6) is 0.651. The van der Waals surface area contributed by atoms with Crippen molar-refractivity contribution in [1.82, 2.24) is 15.3 Å². The Bertz CT molecular complexity index is 543. The standard InChI is InChI=1S/C16H21N3O/c1-4-17-15(13-8-6-5-7-9-13)10-14-12(2)16(20-3)19-11-18-14/h5-9,11,15,17H,4,10H2,1-3H3. The number of hydrogen-bond acceptors (Lipinski definition) is 4. The summed E-state index contributed by atoms with van der Waals surface area (Å²) in [6.07, 6.45) is 2.39. The molecule has 1 atom stereocenters. The highest BCUT2D eigenvalue weighted by molar-refractivity contribution is 5.30. The fourth-order valence-corrected chi connectivity index (χ4v) is 2.31. The Balaban J connectivity index is 2.25. The Hall–Kier alpha value is -1.94. The largest absolute Gasteiger partial charge is 0.481 e. The zero-order valence-corrected chi connectivity index (χ0v) is 12.3. The van der Waals surface area contributed by atoms with Gasteiger partial charge in [0.25, 0.3) is 0 Å². The first-order chi connectivity index (χ1) is 9.76. The van der Waals surface area contributed by atoms with Gasteiger partial charge in [0.05, 0.1) is 12.8 Å². The lowest BCUT2D eigenvalue weighted by atomic mass is 10.00. The van der Waals surface area contributed by atoms with Crippen molar-refractivity contribution in [2.45, 2.75) is 26.3 Å². The molecule has 0 spiro atoms. The van der Waals surface area contributed by atoms with Gasteiger partial charge in [0, 0.05) is 18.0 Å². The van der Waals surface area contributed by atoms with E-state index in [1.807, 2.05) is 13.0 Å². The van der Waals surface area contributed by atoms with E-state index >= 15 is 0 Å². The van der Waals surface area contributed by atoms with Gasteiger partial charge in [-0.3, -0.25) is 0 Å². The molecule has 2 aromatic rings. The number of rotatable bonds is 6. The van der Waals surface area contributed by atoms with E-state index in [-0.39, 0.29) is 6.04 Å². The number of nitrogens with zero attached hydrogens (tertiary/aromatic N) is 2. The second kappa shape index (κ2) is 7.01. The van der Waals surface area contributed by atoms with Crippen molar-refractivity contribution in [2.75, 3.05) is 13.7 Å². The first-order valence-electron chi connectivity index (χ1n) is 6.89. The van der Waals surface area contributed by atoms with Gasteiger partial charge in [-0.2, -0.15) is 0 Å². The van der Waals surface area contributed by atoms with E-state index in [0.717, 1.165) is 24.2 Å². The molecule has 4 heteroatoms. The van der Waals surface area contributed by atoms with Crippen LogP contribution >= 0.6 is 0 Å². The number of hydrogen-bond donors (Lipinski definition) is 1. The summed E-state index contributed by atoms with van der Waals surface area (Å²) in [4.78, 5) is 8.53. The highest BCUT2D eigenvalue weighted by Crippen LogP contribution is 2.22. The highest BCUT2D eigenvalue weighted by Gasteiger charge is 2.15. The van der Waals surface area contributed by atoms with Gasteiger partial charge < -0.3 is 10.1 Å². The van der Waals surface area contributed by atoms with Gasteiger partial charge in [-0.25, -0.2) is 9.97 Å². The maximum absolute atomic E-state index is 5.26. The van der Waals surface area contributed by atoms with Crippen LogP contribution in [0.2, 0.25) is 0 Å². The lowest BCUT2D eigenvalue weighted by Crippen LogP contribution is -2.23. The summed E-state index contributed by atoms with van der Waals surface area (Å²) in [5.41, 5.74) is 3.30. The topological polar surface area (TPSA) is 47.0 Å². The molecule has 0 saturated heterocycles. The first kappa shape index (κ1) is 14.5.